The minimum atomic E-state index is -0.317. The van der Waals surface area contributed by atoms with E-state index in [9.17, 15) is 4.79 Å². The summed E-state index contributed by atoms with van der Waals surface area (Å²) < 4.78 is 0. The number of nitrogens with zero attached hydrogens (tertiary/aromatic N) is 2. The standard InChI is InChI=1S/C17H16Cl3N3O/c18-13-9-12(4-5-15(13)23-6-2-1-3-7-23)22-17(24)11-8-14(19)16(20)21-10-11/h4-5,8-10H,1-3,6-7H2,(H,22,24). The molecule has 1 fully saturated rings. The van der Waals surface area contributed by atoms with Gasteiger partial charge < -0.3 is 10.2 Å². The zero-order chi connectivity index (χ0) is 17.1. The van der Waals surface area contributed by atoms with Crippen molar-refractivity contribution in [3.05, 3.63) is 51.2 Å². The number of amides is 1. The highest BCUT2D eigenvalue weighted by Gasteiger charge is 2.15. The smallest absolute Gasteiger partial charge is 0.257 e. The number of nitrogens with one attached hydrogen (secondary N) is 1. The van der Waals surface area contributed by atoms with Gasteiger partial charge in [-0.05, 0) is 43.5 Å². The predicted molar refractivity (Wildman–Crippen MR) is 99.7 cm³/mol. The van der Waals surface area contributed by atoms with Crippen molar-refractivity contribution in [3.63, 3.8) is 0 Å². The fourth-order valence-electron chi connectivity index (χ4n) is 2.72. The summed E-state index contributed by atoms with van der Waals surface area (Å²) in [6.07, 6.45) is 5.01. The minimum Gasteiger partial charge on any atom is -0.370 e. The Morgan fingerprint density at radius 1 is 1.04 bits per heavy atom. The van der Waals surface area contributed by atoms with Crippen LogP contribution in [0.3, 0.4) is 0 Å². The van der Waals surface area contributed by atoms with Crippen LogP contribution in [-0.4, -0.2) is 24.0 Å². The Balaban J connectivity index is 1.74. The normalized spacial score (nSPS) is 14.5. The maximum atomic E-state index is 12.3. The number of pyridine rings is 1. The largest absolute Gasteiger partial charge is 0.370 e. The van der Waals surface area contributed by atoms with Crippen molar-refractivity contribution in [2.45, 2.75) is 19.3 Å². The van der Waals surface area contributed by atoms with Gasteiger partial charge in [-0.3, -0.25) is 4.79 Å². The minimum absolute atomic E-state index is 0.169. The zero-order valence-electron chi connectivity index (χ0n) is 12.9. The van der Waals surface area contributed by atoms with Gasteiger partial charge in [0, 0.05) is 25.0 Å². The molecule has 1 aliphatic heterocycles. The van der Waals surface area contributed by atoms with Crippen LogP contribution >= 0.6 is 34.8 Å². The van der Waals surface area contributed by atoms with Gasteiger partial charge in [0.15, 0.2) is 0 Å². The number of anilines is 2. The number of piperidine rings is 1. The van der Waals surface area contributed by atoms with E-state index in [1.165, 1.54) is 31.5 Å². The van der Waals surface area contributed by atoms with E-state index in [1.807, 2.05) is 12.1 Å². The van der Waals surface area contributed by atoms with Crippen molar-refractivity contribution in [2.24, 2.45) is 0 Å². The third-order valence-corrected chi connectivity index (χ3v) is 4.95. The maximum absolute atomic E-state index is 12.3. The molecule has 1 saturated heterocycles. The Bertz CT molecular complexity index is 761. The summed E-state index contributed by atoms with van der Waals surface area (Å²) in [5.74, 6) is -0.317. The number of carbonyl (C=O) groups excluding carboxylic acids is 1. The first-order valence-corrected chi connectivity index (χ1v) is 8.85. The SMILES string of the molecule is O=C(Nc1ccc(N2CCCCC2)c(Cl)c1)c1cnc(Cl)c(Cl)c1. The average Bonchev–Trinajstić information content (AvgIpc) is 2.58. The van der Waals surface area contributed by atoms with Crippen molar-refractivity contribution < 1.29 is 4.79 Å². The molecule has 0 bridgehead atoms. The van der Waals surface area contributed by atoms with Crippen LogP contribution in [0.4, 0.5) is 11.4 Å². The Kier molecular flexibility index (Phi) is 5.49. The van der Waals surface area contributed by atoms with E-state index in [0.29, 0.717) is 16.3 Å². The molecule has 0 atom stereocenters. The summed E-state index contributed by atoms with van der Waals surface area (Å²) in [6.45, 7) is 2.03. The monoisotopic (exact) mass is 383 g/mol. The number of carbonyl (C=O) groups is 1. The molecular weight excluding hydrogens is 369 g/mol. The average molecular weight is 385 g/mol. The number of benzene rings is 1. The Labute approximate surface area is 155 Å². The highest BCUT2D eigenvalue weighted by molar-refractivity contribution is 6.41. The van der Waals surface area contributed by atoms with Crippen LogP contribution in [0.2, 0.25) is 15.2 Å². The second-order valence-electron chi connectivity index (χ2n) is 5.66. The number of aromatic nitrogens is 1. The van der Waals surface area contributed by atoms with Crippen LogP contribution in [0.1, 0.15) is 29.6 Å². The van der Waals surface area contributed by atoms with Crippen molar-refractivity contribution in [1.29, 1.82) is 0 Å². The highest BCUT2D eigenvalue weighted by Crippen LogP contribution is 2.31. The Morgan fingerprint density at radius 2 is 1.79 bits per heavy atom. The number of halogens is 3. The molecule has 1 N–H and O–H groups in total. The summed E-state index contributed by atoms with van der Waals surface area (Å²) in [7, 11) is 0. The van der Waals surface area contributed by atoms with E-state index in [0.717, 1.165) is 18.8 Å². The first-order chi connectivity index (χ1) is 11.5. The molecule has 4 nitrogen and oxygen atoms in total. The lowest BCUT2D eigenvalue weighted by Gasteiger charge is -2.29. The molecule has 1 aromatic heterocycles. The Hall–Kier alpha value is -1.49. The molecule has 1 aliphatic rings. The van der Waals surface area contributed by atoms with Gasteiger partial charge >= 0.3 is 0 Å². The summed E-state index contributed by atoms with van der Waals surface area (Å²) in [4.78, 5) is 18.4. The van der Waals surface area contributed by atoms with Gasteiger partial charge in [-0.2, -0.15) is 0 Å². The molecule has 7 heteroatoms. The highest BCUT2D eigenvalue weighted by atomic mass is 35.5. The molecular formula is C17H16Cl3N3O. The molecule has 0 radical (unpaired) electrons. The van der Waals surface area contributed by atoms with Gasteiger partial charge in [0.2, 0.25) is 0 Å². The van der Waals surface area contributed by atoms with Gasteiger partial charge in [-0.1, -0.05) is 34.8 Å². The lowest BCUT2D eigenvalue weighted by Crippen LogP contribution is -2.29. The third kappa shape index (κ3) is 3.94. The molecule has 0 saturated carbocycles. The van der Waals surface area contributed by atoms with Crippen molar-refractivity contribution in [3.8, 4) is 0 Å². The van der Waals surface area contributed by atoms with Gasteiger partial charge in [-0.15, -0.1) is 0 Å². The second-order valence-corrected chi connectivity index (χ2v) is 6.84. The molecule has 126 valence electrons. The molecule has 3 rings (SSSR count). The first-order valence-electron chi connectivity index (χ1n) is 7.71. The van der Waals surface area contributed by atoms with E-state index in [1.54, 1.807) is 6.07 Å². The summed E-state index contributed by atoms with van der Waals surface area (Å²) in [5, 5.41) is 3.83. The van der Waals surface area contributed by atoms with Gasteiger partial charge in [0.05, 0.1) is 21.3 Å². The number of rotatable bonds is 3. The van der Waals surface area contributed by atoms with Crippen LogP contribution in [0, 0.1) is 0 Å². The topological polar surface area (TPSA) is 45.2 Å². The molecule has 0 unspecified atom stereocenters. The van der Waals surface area contributed by atoms with E-state index >= 15 is 0 Å². The summed E-state index contributed by atoms with van der Waals surface area (Å²) >= 11 is 18.0. The Morgan fingerprint density at radius 3 is 2.46 bits per heavy atom. The van der Waals surface area contributed by atoms with Gasteiger partial charge in [0.25, 0.3) is 5.91 Å². The van der Waals surface area contributed by atoms with Crippen LogP contribution in [0.25, 0.3) is 0 Å². The van der Waals surface area contributed by atoms with E-state index < -0.39 is 0 Å². The maximum Gasteiger partial charge on any atom is 0.257 e. The van der Waals surface area contributed by atoms with E-state index in [4.69, 9.17) is 34.8 Å². The fraction of sp³-hybridized carbons (Fsp3) is 0.294. The summed E-state index contributed by atoms with van der Waals surface area (Å²) in [5.41, 5.74) is 1.96. The van der Waals surface area contributed by atoms with E-state index in [2.05, 4.69) is 15.2 Å². The van der Waals surface area contributed by atoms with Crippen molar-refractivity contribution in [2.75, 3.05) is 23.3 Å². The van der Waals surface area contributed by atoms with Crippen LogP contribution in [-0.2, 0) is 0 Å². The number of hydrogen-bond acceptors (Lipinski definition) is 3. The lowest BCUT2D eigenvalue weighted by molar-refractivity contribution is 0.102. The molecule has 2 aromatic rings. The molecule has 2 heterocycles. The molecule has 1 aromatic carbocycles. The number of hydrogen-bond donors (Lipinski definition) is 1. The van der Waals surface area contributed by atoms with Crippen LogP contribution in [0.15, 0.2) is 30.5 Å². The molecule has 0 spiro atoms. The van der Waals surface area contributed by atoms with Crippen LogP contribution in [0.5, 0.6) is 0 Å². The molecule has 0 aliphatic carbocycles. The van der Waals surface area contributed by atoms with Crippen molar-refractivity contribution >= 4 is 52.1 Å². The van der Waals surface area contributed by atoms with E-state index in [-0.39, 0.29) is 16.1 Å². The first kappa shape index (κ1) is 17.3. The van der Waals surface area contributed by atoms with Crippen molar-refractivity contribution in [1.82, 2.24) is 4.98 Å². The van der Waals surface area contributed by atoms with Gasteiger partial charge in [0.1, 0.15) is 5.15 Å². The predicted octanol–water partition coefficient (Wildman–Crippen LogP) is 5.28. The second kappa shape index (κ2) is 7.60. The fourth-order valence-corrected chi connectivity index (χ4v) is 3.29. The lowest BCUT2D eigenvalue weighted by atomic mass is 10.1. The summed E-state index contributed by atoms with van der Waals surface area (Å²) in [6, 6.07) is 7.03. The quantitative estimate of drug-likeness (QED) is 0.732. The third-order valence-electron chi connectivity index (χ3n) is 3.96. The molecule has 1 amide bonds. The van der Waals surface area contributed by atoms with Gasteiger partial charge in [-0.25, -0.2) is 4.98 Å². The zero-order valence-corrected chi connectivity index (χ0v) is 15.1. The van der Waals surface area contributed by atoms with Crippen LogP contribution < -0.4 is 10.2 Å². The molecule has 24 heavy (non-hydrogen) atoms.